The van der Waals surface area contributed by atoms with Gasteiger partial charge in [-0.2, -0.15) is 0 Å². The Balaban J connectivity index is 0.000000371. The largest absolute Gasteiger partial charge is 0.363 e. The van der Waals surface area contributed by atoms with Crippen molar-refractivity contribution in [3.8, 4) is 0 Å². The summed E-state index contributed by atoms with van der Waals surface area (Å²) >= 11 is 3.91. The lowest BCUT2D eigenvalue weighted by Gasteiger charge is -2.10. The van der Waals surface area contributed by atoms with Gasteiger partial charge in [0.1, 0.15) is 0 Å². The number of amides is 1. The SMILES string of the molecule is CC.O=C1C=C(S)NCN1. The molecule has 0 fully saturated rings. The Bertz CT molecular complexity index is 145. The molecule has 0 radical (unpaired) electrons. The molecule has 0 aliphatic carbocycles. The van der Waals surface area contributed by atoms with Crippen LogP contribution in [0.3, 0.4) is 0 Å². The lowest BCUT2D eigenvalue weighted by Crippen LogP contribution is -2.36. The minimum Gasteiger partial charge on any atom is -0.363 e. The summed E-state index contributed by atoms with van der Waals surface area (Å²) in [4.78, 5) is 10.4. The first-order chi connectivity index (χ1) is 4.79. The van der Waals surface area contributed by atoms with Crippen molar-refractivity contribution in [2.45, 2.75) is 13.8 Å². The number of carbonyl (C=O) groups excluding carboxylic acids is 1. The van der Waals surface area contributed by atoms with Crippen LogP contribution >= 0.6 is 12.6 Å². The van der Waals surface area contributed by atoms with Crippen molar-refractivity contribution in [2.75, 3.05) is 6.67 Å². The van der Waals surface area contributed by atoms with Crippen molar-refractivity contribution in [1.29, 1.82) is 0 Å². The molecular weight excluding hydrogens is 148 g/mol. The third kappa shape index (κ3) is 3.40. The molecule has 0 saturated heterocycles. The van der Waals surface area contributed by atoms with Gasteiger partial charge in [0.2, 0.25) is 5.91 Å². The number of nitrogens with one attached hydrogen (secondary N) is 2. The third-order valence-electron chi connectivity index (χ3n) is 0.800. The summed E-state index contributed by atoms with van der Waals surface area (Å²) in [6.45, 7) is 4.48. The fourth-order valence-corrected chi connectivity index (χ4v) is 0.644. The molecule has 3 nitrogen and oxygen atoms in total. The minimum atomic E-state index is -0.0891. The average molecular weight is 160 g/mol. The summed E-state index contributed by atoms with van der Waals surface area (Å²) < 4.78 is 0. The molecule has 0 aromatic carbocycles. The van der Waals surface area contributed by atoms with Gasteiger partial charge < -0.3 is 10.6 Å². The van der Waals surface area contributed by atoms with E-state index < -0.39 is 0 Å². The van der Waals surface area contributed by atoms with E-state index in [0.717, 1.165) is 0 Å². The number of thiol groups is 1. The summed E-state index contributed by atoms with van der Waals surface area (Å²) in [5.74, 6) is -0.0891. The zero-order chi connectivity index (χ0) is 7.98. The molecule has 4 heteroatoms. The molecule has 58 valence electrons. The molecule has 0 saturated carbocycles. The standard InChI is InChI=1S/C4H6N2OS.C2H6/c7-3-1-4(8)6-2-5-3;1-2/h1,6,8H,2H2,(H,5,7);1-2H3. The first-order valence-corrected chi connectivity index (χ1v) is 3.66. The summed E-state index contributed by atoms with van der Waals surface area (Å²) in [5, 5.41) is 5.96. The maximum absolute atomic E-state index is 10.4. The van der Waals surface area contributed by atoms with Crippen molar-refractivity contribution in [1.82, 2.24) is 10.6 Å². The Morgan fingerprint density at radius 1 is 1.50 bits per heavy atom. The van der Waals surface area contributed by atoms with E-state index in [1.165, 1.54) is 6.08 Å². The minimum absolute atomic E-state index is 0.0891. The van der Waals surface area contributed by atoms with Crippen molar-refractivity contribution < 1.29 is 4.79 Å². The van der Waals surface area contributed by atoms with Gasteiger partial charge in [-0.3, -0.25) is 4.79 Å². The number of hydrogen-bond donors (Lipinski definition) is 3. The summed E-state index contributed by atoms with van der Waals surface area (Å²) in [7, 11) is 0. The second-order valence-electron chi connectivity index (χ2n) is 1.42. The zero-order valence-electron chi connectivity index (χ0n) is 6.14. The van der Waals surface area contributed by atoms with Crippen LogP contribution < -0.4 is 10.6 Å². The normalized spacial score (nSPS) is 15.5. The van der Waals surface area contributed by atoms with E-state index in [1.54, 1.807) is 0 Å². The zero-order valence-corrected chi connectivity index (χ0v) is 7.03. The number of hydrogen-bond acceptors (Lipinski definition) is 3. The predicted octanol–water partition coefficient (Wildman–Crippen LogP) is 0.461. The summed E-state index contributed by atoms with van der Waals surface area (Å²) in [6, 6.07) is 0. The third-order valence-corrected chi connectivity index (χ3v) is 1.09. The van der Waals surface area contributed by atoms with Gasteiger partial charge >= 0.3 is 0 Å². The molecule has 0 atom stereocenters. The van der Waals surface area contributed by atoms with Crippen LogP contribution in [0.25, 0.3) is 0 Å². The van der Waals surface area contributed by atoms with Crippen LogP contribution in [0.5, 0.6) is 0 Å². The molecular formula is C6H12N2OS. The molecule has 1 aliphatic heterocycles. The van der Waals surface area contributed by atoms with E-state index in [2.05, 4.69) is 23.3 Å². The van der Waals surface area contributed by atoms with Gasteiger partial charge in [0, 0.05) is 6.08 Å². The van der Waals surface area contributed by atoms with E-state index in [0.29, 0.717) is 11.7 Å². The maximum Gasteiger partial charge on any atom is 0.247 e. The quantitative estimate of drug-likeness (QED) is 0.451. The van der Waals surface area contributed by atoms with Crippen LogP contribution in [0.4, 0.5) is 0 Å². The highest BCUT2D eigenvalue weighted by Crippen LogP contribution is 1.95. The molecule has 1 rings (SSSR count). The maximum atomic E-state index is 10.4. The van der Waals surface area contributed by atoms with Gasteiger partial charge in [0.15, 0.2) is 0 Å². The Labute approximate surface area is 66.3 Å². The Morgan fingerprint density at radius 2 is 2.10 bits per heavy atom. The molecule has 0 aromatic heterocycles. The van der Waals surface area contributed by atoms with E-state index in [-0.39, 0.29) is 5.91 Å². The lowest BCUT2D eigenvalue weighted by molar-refractivity contribution is -0.116. The molecule has 1 heterocycles. The molecule has 10 heavy (non-hydrogen) atoms. The average Bonchev–Trinajstić information content (AvgIpc) is 1.91. The van der Waals surface area contributed by atoms with Crippen LogP contribution in [-0.4, -0.2) is 12.6 Å². The Hall–Kier alpha value is -0.640. The van der Waals surface area contributed by atoms with Crippen molar-refractivity contribution in [3.05, 3.63) is 11.1 Å². The van der Waals surface area contributed by atoms with Gasteiger partial charge in [0.05, 0.1) is 11.7 Å². The van der Waals surface area contributed by atoms with Crippen LogP contribution in [0, 0.1) is 0 Å². The second kappa shape index (κ2) is 5.17. The van der Waals surface area contributed by atoms with E-state index >= 15 is 0 Å². The second-order valence-corrected chi connectivity index (χ2v) is 1.91. The first-order valence-electron chi connectivity index (χ1n) is 3.21. The summed E-state index contributed by atoms with van der Waals surface area (Å²) in [5.41, 5.74) is 0. The monoisotopic (exact) mass is 160 g/mol. The van der Waals surface area contributed by atoms with Crippen LogP contribution in [0.15, 0.2) is 11.1 Å². The molecule has 0 unspecified atom stereocenters. The molecule has 1 amide bonds. The van der Waals surface area contributed by atoms with Crippen LogP contribution in [0.2, 0.25) is 0 Å². The fraction of sp³-hybridized carbons (Fsp3) is 0.500. The highest BCUT2D eigenvalue weighted by Gasteiger charge is 2.01. The molecule has 0 bridgehead atoms. The molecule has 0 spiro atoms. The fourth-order valence-electron chi connectivity index (χ4n) is 0.448. The molecule has 1 aliphatic rings. The Kier molecular flexibility index (Phi) is 4.84. The summed E-state index contributed by atoms with van der Waals surface area (Å²) in [6.07, 6.45) is 1.40. The van der Waals surface area contributed by atoms with Gasteiger partial charge in [-0.05, 0) is 0 Å². The highest BCUT2D eigenvalue weighted by molar-refractivity contribution is 7.84. The van der Waals surface area contributed by atoms with Crippen molar-refractivity contribution in [3.63, 3.8) is 0 Å². The van der Waals surface area contributed by atoms with Crippen molar-refractivity contribution >= 4 is 18.5 Å². The van der Waals surface area contributed by atoms with Gasteiger partial charge in [-0.15, -0.1) is 12.6 Å². The van der Waals surface area contributed by atoms with E-state index in [4.69, 9.17) is 0 Å². The van der Waals surface area contributed by atoms with Crippen molar-refractivity contribution in [2.24, 2.45) is 0 Å². The smallest absolute Gasteiger partial charge is 0.247 e. The van der Waals surface area contributed by atoms with Gasteiger partial charge in [-0.25, -0.2) is 0 Å². The number of carbonyl (C=O) groups is 1. The first kappa shape index (κ1) is 9.36. The number of rotatable bonds is 0. The topological polar surface area (TPSA) is 41.1 Å². The van der Waals surface area contributed by atoms with Gasteiger partial charge in [0.25, 0.3) is 0 Å². The van der Waals surface area contributed by atoms with Crippen LogP contribution in [0.1, 0.15) is 13.8 Å². The predicted molar refractivity (Wildman–Crippen MR) is 44.6 cm³/mol. The lowest BCUT2D eigenvalue weighted by atomic mass is 10.5. The molecule has 2 N–H and O–H groups in total. The highest BCUT2D eigenvalue weighted by atomic mass is 32.1. The van der Waals surface area contributed by atoms with Crippen LogP contribution in [-0.2, 0) is 4.79 Å². The molecule has 0 aromatic rings. The van der Waals surface area contributed by atoms with Gasteiger partial charge in [-0.1, -0.05) is 13.8 Å². The van der Waals surface area contributed by atoms with E-state index in [1.807, 2.05) is 13.8 Å². The van der Waals surface area contributed by atoms with E-state index in [9.17, 15) is 4.79 Å². The Morgan fingerprint density at radius 3 is 2.40 bits per heavy atom.